The number of sulfonamides is 1. The van der Waals surface area contributed by atoms with Gasteiger partial charge in [-0.25, -0.2) is 13.1 Å². The van der Waals surface area contributed by atoms with Gasteiger partial charge < -0.3 is 0 Å². The molecule has 0 aliphatic heterocycles. The molecule has 0 aliphatic rings. The normalized spacial score (nSPS) is 11.7. The number of hydrogen-bond donors (Lipinski definition) is 1. The topological polar surface area (TPSA) is 46.2 Å². The molecule has 0 amide bonds. The average molecular weight is 213 g/mol. The third-order valence-electron chi connectivity index (χ3n) is 2.41. The molecule has 14 heavy (non-hydrogen) atoms. The van der Waals surface area contributed by atoms with Gasteiger partial charge in [-0.3, -0.25) is 0 Å². The molecule has 0 radical (unpaired) electrons. The van der Waals surface area contributed by atoms with Crippen LogP contribution in [-0.2, 0) is 10.0 Å². The van der Waals surface area contributed by atoms with E-state index >= 15 is 0 Å². The van der Waals surface area contributed by atoms with E-state index in [9.17, 15) is 8.42 Å². The molecule has 0 spiro atoms. The quantitative estimate of drug-likeness (QED) is 0.809. The second kappa shape index (κ2) is 3.71. The van der Waals surface area contributed by atoms with Crippen LogP contribution in [0, 0.1) is 20.8 Å². The van der Waals surface area contributed by atoms with Crippen LogP contribution in [0.3, 0.4) is 0 Å². The van der Waals surface area contributed by atoms with E-state index in [4.69, 9.17) is 0 Å². The van der Waals surface area contributed by atoms with Gasteiger partial charge in [0, 0.05) is 0 Å². The third kappa shape index (κ3) is 1.81. The Hall–Kier alpha value is -0.870. The first-order chi connectivity index (χ1) is 6.40. The molecule has 1 aromatic carbocycles. The first-order valence-corrected chi connectivity index (χ1v) is 5.89. The highest BCUT2D eigenvalue weighted by Gasteiger charge is 2.17. The van der Waals surface area contributed by atoms with Crippen LogP contribution in [0.5, 0.6) is 0 Å². The lowest BCUT2D eigenvalue weighted by Gasteiger charge is -2.11. The van der Waals surface area contributed by atoms with Crippen molar-refractivity contribution in [3.05, 3.63) is 28.8 Å². The molecule has 78 valence electrons. The van der Waals surface area contributed by atoms with Gasteiger partial charge in [0.2, 0.25) is 10.0 Å². The first-order valence-electron chi connectivity index (χ1n) is 4.40. The molecule has 0 unspecified atom stereocenters. The van der Waals surface area contributed by atoms with Crippen molar-refractivity contribution in [2.45, 2.75) is 25.7 Å². The van der Waals surface area contributed by atoms with E-state index in [2.05, 4.69) is 4.72 Å². The second-order valence-electron chi connectivity index (χ2n) is 3.36. The summed E-state index contributed by atoms with van der Waals surface area (Å²) in [6.07, 6.45) is 0. The third-order valence-corrected chi connectivity index (χ3v) is 4.11. The van der Waals surface area contributed by atoms with Crippen LogP contribution < -0.4 is 4.72 Å². The standard InChI is InChI=1S/C10H15NO2S/c1-7-5-6-8(2)10(9(7)3)14(12,13)11-4/h5-6,11H,1-4H3. The van der Waals surface area contributed by atoms with Gasteiger partial charge in [0.15, 0.2) is 0 Å². The maximum atomic E-state index is 11.7. The van der Waals surface area contributed by atoms with Gasteiger partial charge in [-0.2, -0.15) is 0 Å². The fourth-order valence-corrected chi connectivity index (χ4v) is 2.70. The summed E-state index contributed by atoms with van der Waals surface area (Å²) in [5, 5.41) is 0. The Morgan fingerprint density at radius 3 is 2.07 bits per heavy atom. The Balaban J connectivity index is 3.56. The summed E-state index contributed by atoms with van der Waals surface area (Å²) >= 11 is 0. The molecule has 4 heteroatoms. The van der Waals surface area contributed by atoms with Gasteiger partial charge in [-0.15, -0.1) is 0 Å². The Labute approximate surface area is 85.2 Å². The molecule has 3 nitrogen and oxygen atoms in total. The Bertz CT molecular complexity index is 449. The maximum absolute atomic E-state index is 11.7. The van der Waals surface area contributed by atoms with Crippen LogP contribution in [0.2, 0.25) is 0 Å². The summed E-state index contributed by atoms with van der Waals surface area (Å²) < 4.78 is 25.7. The molecule has 0 heterocycles. The molecule has 1 rings (SSSR count). The minimum Gasteiger partial charge on any atom is -0.214 e. The van der Waals surface area contributed by atoms with Crippen molar-refractivity contribution in [2.75, 3.05) is 7.05 Å². The van der Waals surface area contributed by atoms with Crippen molar-refractivity contribution in [1.29, 1.82) is 0 Å². The van der Waals surface area contributed by atoms with E-state index in [-0.39, 0.29) is 0 Å². The van der Waals surface area contributed by atoms with Crippen LogP contribution >= 0.6 is 0 Å². The summed E-state index contributed by atoms with van der Waals surface area (Å²) in [5.41, 5.74) is 2.59. The van der Waals surface area contributed by atoms with E-state index in [1.165, 1.54) is 7.05 Å². The lowest BCUT2D eigenvalue weighted by atomic mass is 10.1. The molecule has 0 aromatic heterocycles. The summed E-state index contributed by atoms with van der Waals surface area (Å²) in [7, 11) is -1.90. The smallest absolute Gasteiger partial charge is 0.214 e. The fourth-order valence-electron chi connectivity index (χ4n) is 1.44. The largest absolute Gasteiger partial charge is 0.240 e. The molecule has 0 saturated carbocycles. The summed E-state index contributed by atoms with van der Waals surface area (Å²) in [6, 6.07) is 3.76. The monoisotopic (exact) mass is 213 g/mol. The molecular formula is C10H15NO2S. The Kier molecular flexibility index (Phi) is 2.97. The number of rotatable bonds is 2. The highest BCUT2D eigenvalue weighted by Crippen LogP contribution is 2.22. The number of hydrogen-bond acceptors (Lipinski definition) is 2. The molecule has 0 atom stereocenters. The van der Waals surface area contributed by atoms with E-state index in [0.717, 1.165) is 16.7 Å². The Morgan fingerprint density at radius 2 is 1.57 bits per heavy atom. The zero-order valence-electron chi connectivity index (χ0n) is 8.88. The van der Waals surface area contributed by atoms with Crippen LogP contribution in [0.1, 0.15) is 16.7 Å². The highest BCUT2D eigenvalue weighted by atomic mass is 32.2. The van der Waals surface area contributed by atoms with Crippen LogP contribution in [-0.4, -0.2) is 15.5 Å². The van der Waals surface area contributed by atoms with E-state index in [1.54, 1.807) is 6.92 Å². The molecule has 1 N–H and O–H groups in total. The molecular weight excluding hydrogens is 198 g/mol. The van der Waals surface area contributed by atoms with Crippen LogP contribution in [0.25, 0.3) is 0 Å². The van der Waals surface area contributed by atoms with E-state index in [1.807, 2.05) is 26.0 Å². The van der Waals surface area contributed by atoms with Crippen molar-refractivity contribution in [3.8, 4) is 0 Å². The lowest BCUT2D eigenvalue weighted by molar-refractivity contribution is 0.587. The number of nitrogens with one attached hydrogen (secondary N) is 1. The van der Waals surface area contributed by atoms with Gasteiger partial charge in [0.25, 0.3) is 0 Å². The fraction of sp³-hybridized carbons (Fsp3) is 0.400. The SMILES string of the molecule is CNS(=O)(=O)c1c(C)ccc(C)c1C. The van der Waals surface area contributed by atoms with Gasteiger partial charge >= 0.3 is 0 Å². The van der Waals surface area contributed by atoms with Gasteiger partial charge in [0.05, 0.1) is 4.90 Å². The van der Waals surface area contributed by atoms with Crippen molar-refractivity contribution in [1.82, 2.24) is 4.72 Å². The molecule has 1 aromatic rings. The van der Waals surface area contributed by atoms with Crippen molar-refractivity contribution in [3.63, 3.8) is 0 Å². The van der Waals surface area contributed by atoms with Crippen molar-refractivity contribution >= 4 is 10.0 Å². The van der Waals surface area contributed by atoms with E-state index < -0.39 is 10.0 Å². The Morgan fingerprint density at radius 1 is 1.07 bits per heavy atom. The number of aryl methyl sites for hydroxylation is 2. The highest BCUT2D eigenvalue weighted by molar-refractivity contribution is 7.89. The second-order valence-corrected chi connectivity index (χ2v) is 5.18. The maximum Gasteiger partial charge on any atom is 0.240 e. The predicted molar refractivity (Wildman–Crippen MR) is 56.9 cm³/mol. The summed E-state index contributed by atoms with van der Waals surface area (Å²) in [5.74, 6) is 0. The minimum absolute atomic E-state index is 0.403. The minimum atomic E-state index is -3.33. The van der Waals surface area contributed by atoms with Crippen molar-refractivity contribution < 1.29 is 8.42 Å². The predicted octanol–water partition coefficient (Wildman–Crippen LogP) is 1.52. The summed E-state index contributed by atoms with van der Waals surface area (Å²) in [4.78, 5) is 0.403. The first kappa shape index (κ1) is 11.2. The molecule has 0 saturated heterocycles. The number of benzene rings is 1. The van der Waals surface area contributed by atoms with Gasteiger partial charge in [-0.1, -0.05) is 12.1 Å². The lowest BCUT2D eigenvalue weighted by Crippen LogP contribution is -2.21. The van der Waals surface area contributed by atoms with E-state index in [0.29, 0.717) is 4.90 Å². The molecule has 0 fully saturated rings. The van der Waals surface area contributed by atoms with Crippen LogP contribution in [0.4, 0.5) is 0 Å². The zero-order valence-corrected chi connectivity index (χ0v) is 9.70. The average Bonchev–Trinajstić information content (AvgIpc) is 2.12. The van der Waals surface area contributed by atoms with Gasteiger partial charge in [-0.05, 0) is 44.5 Å². The van der Waals surface area contributed by atoms with Crippen molar-refractivity contribution in [2.24, 2.45) is 0 Å². The molecule has 0 bridgehead atoms. The summed E-state index contributed by atoms with van der Waals surface area (Å²) in [6.45, 7) is 5.53. The zero-order chi connectivity index (χ0) is 10.9. The van der Waals surface area contributed by atoms with Crippen LogP contribution in [0.15, 0.2) is 17.0 Å². The van der Waals surface area contributed by atoms with Gasteiger partial charge in [0.1, 0.15) is 0 Å². The molecule has 0 aliphatic carbocycles.